The van der Waals surface area contributed by atoms with Gasteiger partial charge < -0.3 is 9.64 Å². The molecule has 5 aromatic rings. The van der Waals surface area contributed by atoms with Gasteiger partial charge in [0.1, 0.15) is 11.5 Å². The number of para-hydroxylation sites is 1. The second-order valence-electron chi connectivity index (χ2n) is 8.99. The molecule has 0 aliphatic carbocycles. The standard InChI is InChI=1S/C30H28N4O2/c1-33(2)18-8-15-29(35)24-11-6-10-23(19-24)28-21-31-30-17-16-27(32-34(28)30)22-9-7-14-26(20-22)36-25-12-4-3-5-13-25/h3-7,9-14,16-17,19-21H,8,15,18H2,1-2H3. The highest BCUT2D eigenvalue weighted by Gasteiger charge is 2.13. The molecule has 0 bridgehead atoms. The van der Waals surface area contributed by atoms with E-state index in [2.05, 4.69) is 9.88 Å². The van der Waals surface area contributed by atoms with Crippen molar-refractivity contribution in [2.24, 2.45) is 0 Å². The van der Waals surface area contributed by atoms with Crippen LogP contribution in [0.2, 0.25) is 0 Å². The summed E-state index contributed by atoms with van der Waals surface area (Å²) >= 11 is 0. The van der Waals surface area contributed by atoms with Crippen molar-refractivity contribution in [1.82, 2.24) is 19.5 Å². The number of ether oxygens (including phenoxy) is 1. The van der Waals surface area contributed by atoms with E-state index in [1.807, 2.05) is 110 Å². The Labute approximate surface area is 210 Å². The summed E-state index contributed by atoms with van der Waals surface area (Å²) in [6.45, 7) is 0.892. The van der Waals surface area contributed by atoms with Crippen LogP contribution in [0.5, 0.6) is 11.5 Å². The van der Waals surface area contributed by atoms with E-state index in [4.69, 9.17) is 9.84 Å². The lowest BCUT2D eigenvalue weighted by atomic mass is 10.0. The molecule has 2 aromatic heterocycles. The third kappa shape index (κ3) is 5.34. The van der Waals surface area contributed by atoms with Crippen molar-refractivity contribution in [3.63, 3.8) is 0 Å². The molecule has 0 amide bonds. The monoisotopic (exact) mass is 476 g/mol. The average Bonchev–Trinajstić information content (AvgIpc) is 3.33. The lowest BCUT2D eigenvalue weighted by Gasteiger charge is -2.09. The number of ketones is 1. The van der Waals surface area contributed by atoms with E-state index in [0.29, 0.717) is 12.0 Å². The fourth-order valence-corrected chi connectivity index (χ4v) is 4.12. The van der Waals surface area contributed by atoms with E-state index < -0.39 is 0 Å². The molecule has 180 valence electrons. The number of aromatic nitrogens is 3. The number of benzene rings is 3. The highest BCUT2D eigenvalue weighted by Crippen LogP contribution is 2.28. The Balaban J connectivity index is 1.43. The molecule has 3 aromatic carbocycles. The summed E-state index contributed by atoms with van der Waals surface area (Å²) < 4.78 is 7.83. The van der Waals surface area contributed by atoms with Crippen molar-refractivity contribution in [2.45, 2.75) is 12.8 Å². The predicted molar refractivity (Wildman–Crippen MR) is 142 cm³/mol. The van der Waals surface area contributed by atoms with Gasteiger partial charge in [0.05, 0.1) is 17.6 Å². The molecule has 0 saturated heterocycles. The van der Waals surface area contributed by atoms with Gasteiger partial charge in [-0.1, -0.05) is 48.5 Å². The number of nitrogens with zero attached hydrogens (tertiary/aromatic N) is 4. The van der Waals surface area contributed by atoms with E-state index in [0.717, 1.165) is 52.6 Å². The zero-order valence-corrected chi connectivity index (χ0v) is 20.5. The fourth-order valence-electron chi connectivity index (χ4n) is 4.12. The van der Waals surface area contributed by atoms with Gasteiger partial charge in [-0.05, 0) is 69.5 Å². The van der Waals surface area contributed by atoms with Crippen molar-refractivity contribution in [1.29, 1.82) is 0 Å². The summed E-state index contributed by atoms with van der Waals surface area (Å²) in [4.78, 5) is 19.4. The molecule has 0 fully saturated rings. The number of carbonyl (C=O) groups is 1. The molecule has 0 unspecified atom stereocenters. The van der Waals surface area contributed by atoms with Gasteiger partial charge in [0.15, 0.2) is 11.4 Å². The average molecular weight is 477 g/mol. The Hall–Kier alpha value is -4.29. The zero-order chi connectivity index (χ0) is 24.9. The first-order valence-electron chi connectivity index (χ1n) is 12.0. The second-order valence-corrected chi connectivity index (χ2v) is 8.99. The Morgan fingerprint density at radius 1 is 0.861 bits per heavy atom. The molecule has 6 nitrogen and oxygen atoms in total. The van der Waals surface area contributed by atoms with Crippen molar-refractivity contribution in [3.8, 4) is 34.0 Å². The van der Waals surface area contributed by atoms with Gasteiger partial charge in [-0.15, -0.1) is 0 Å². The second kappa shape index (κ2) is 10.5. The first kappa shape index (κ1) is 23.5. The summed E-state index contributed by atoms with van der Waals surface area (Å²) in [5.41, 5.74) is 4.94. The summed E-state index contributed by atoms with van der Waals surface area (Å²) in [5, 5.41) is 4.88. The third-order valence-corrected chi connectivity index (χ3v) is 5.96. The summed E-state index contributed by atoms with van der Waals surface area (Å²) in [5.74, 6) is 1.68. The summed E-state index contributed by atoms with van der Waals surface area (Å²) in [6, 6.07) is 29.2. The van der Waals surface area contributed by atoms with Crippen molar-refractivity contribution in [2.75, 3.05) is 20.6 Å². The maximum Gasteiger partial charge on any atom is 0.162 e. The number of rotatable bonds is 9. The van der Waals surface area contributed by atoms with Crippen LogP contribution in [0.15, 0.2) is 97.2 Å². The van der Waals surface area contributed by atoms with E-state index >= 15 is 0 Å². The highest BCUT2D eigenvalue weighted by atomic mass is 16.5. The smallest absolute Gasteiger partial charge is 0.162 e. The van der Waals surface area contributed by atoms with Crippen LogP contribution >= 0.6 is 0 Å². The molecule has 6 heteroatoms. The van der Waals surface area contributed by atoms with Gasteiger partial charge in [-0.25, -0.2) is 9.50 Å². The van der Waals surface area contributed by atoms with Crippen LogP contribution < -0.4 is 4.74 Å². The minimum Gasteiger partial charge on any atom is -0.457 e. The molecule has 0 saturated carbocycles. The SMILES string of the molecule is CN(C)CCCC(=O)c1cccc(-c2cnc3ccc(-c4cccc(Oc5ccccc5)c4)nn23)c1. The summed E-state index contributed by atoms with van der Waals surface area (Å²) in [6.07, 6.45) is 3.17. The lowest BCUT2D eigenvalue weighted by molar-refractivity contribution is 0.0977. The van der Waals surface area contributed by atoms with Gasteiger partial charge in [0.25, 0.3) is 0 Å². The normalized spacial score (nSPS) is 11.2. The van der Waals surface area contributed by atoms with Gasteiger partial charge in [-0.2, -0.15) is 5.10 Å². The van der Waals surface area contributed by atoms with Gasteiger partial charge >= 0.3 is 0 Å². The Kier molecular flexibility index (Phi) is 6.87. The van der Waals surface area contributed by atoms with E-state index in [9.17, 15) is 4.79 Å². The molecule has 5 rings (SSSR count). The van der Waals surface area contributed by atoms with Gasteiger partial charge in [0.2, 0.25) is 0 Å². The fraction of sp³-hybridized carbons (Fsp3) is 0.167. The van der Waals surface area contributed by atoms with Crippen LogP contribution in [0.4, 0.5) is 0 Å². The largest absolute Gasteiger partial charge is 0.457 e. The molecule has 0 spiro atoms. The van der Waals surface area contributed by atoms with Crippen molar-refractivity contribution < 1.29 is 9.53 Å². The van der Waals surface area contributed by atoms with Crippen LogP contribution in [-0.4, -0.2) is 45.9 Å². The zero-order valence-electron chi connectivity index (χ0n) is 20.5. The predicted octanol–water partition coefficient (Wildman–Crippen LogP) is 6.38. The number of imidazole rings is 1. The Morgan fingerprint density at radius 3 is 2.47 bits per heavy atom. The Morgan fingerprint density at radius 2 is 1.64 bits per heavy atom. The lowest BCUT2D eigenvalue weighted by Crippen LogP contribution is -2.14. The first-order valence-corrected chi connectivity index (χ1v) is 12.0. The molecular weight excluding hydrogens is 448 g/mol. The molecule has 0 radical (unpaired) electrons. The van der Waals surface area contributed by atoms with Gasteiger partial charge in [-0.3, -0.25) is 4.79 Å². The topological polar surface area (TPSA) is 59.7 Å². The first-order chi connectivity index (χ1) is 17.6. The number of hydrogen-bond acceptors (Lipinski definition) is 5. The van der Waals surface area contributed by atoms with Crippen LogP contribution in [0.3, 0.4) is 0 Å². The van der Waals surface area contributed by atoms with Crippen LogP contribution in [-0.2, 0) is 0 Å². The van der Waals surface area contributed by atoms with Crippen molar-refractivity contribution >= 4 is 11.4 Å². The molecular formula is C30H28N4O2. The minimum atomic E-state index is 0.149. The van der Waals surface area contributed by atoms with Crippen molar-refractivity contribution in [3.05, 3.63) is 103 Å². The third-order valence-electron chi connectivity index (χ3n) is 5.96. The number of Topliss-reactive ketones (excluding diaryl/α,β-unsaturated/α-hetero) is 1. The van der Waals surface area contributed by atoms with Gasteiger partial charge in [0, 0.05) is 23.1 Å². The summed E-state index contributed by atoms with van der Waals surface area (Å²) in [7, 11) is 4.04. The minimum absolute atomic E-state index is 0.149. The van der Waals surface area contributed by atoms with E-state index in [-0.39, 0.29) is 5.78 Å². The van der Waals surface area contributed by atoms with Crippen LogP contribution in [0.1, 0.15) is 23.2 Å². The van der Waals surface area contributed by atoms with Crippen LogP contribution in [0.25, 0.3) is 28.2 Å². The number of fused-ring (bicyclic) bond motifs is 1. The maximum atomic E-state index is 12.7. The molecule has 0 atom stereocenters. The van der Waals surface area contributed by atoms with E-state index in [1.54, 1.807) is 6.20 Å². The molecule has 0 N–H and O–H groups in total. The molecule has 0 aliphatic rings. The molecule has 0 aliphatic heterocycles. The molecule has 36 heavy (non-hydrogen) atoms. The number of hydrogen-bond donors (Lipinski definition) is 0. The molecule has 2 heterocycles. The number of carbonyl (C=O) groups excluding carboxylic acids is 1. The highest BCUT2D eigenvalue weighted by molar-refractivity contribution is 5.97. The Bertz CT molecular complexity index is 1490. The quantitative estimate of drug-likeness (QED) is 0.231. The van der Waals surface area contributed by atoms with Crippen LogP contribution in [0, 0.1) is 0 Å². The van der Waals surface area contributed by atoms with E-state index in [1.165, 1.54) is 0 Å². The maximum absolute atomic E-state index is 12.7.